The van der Waals surface area contributed by atoms with Crippen molar-refractivity contribution < 1.29 is 0 Å². The molecule has 0 saturated carbocycles. The quantitative estimate of drug-likeness (QED) is 0.259. The van der Waals surface area contributed by atoms with Crippen LogP contribution >= 0.6 is 11.3 Å². The Balaban J connectivity index is 1.56. The number of aromatic nitrogens is 1. The third-order valence-corrected chi connectivity index (χ3v) is 7.29. The van der Waals surface area contributed by atoms with Gasteiger partial charge in [0.25, 0.3) is 0 Å². The number of nitrogens with zero attached hydrogens (tertiary/aromatic N) is 1. The Kier molecular flexibility index (Phi) is 5.29. The molecule has 0 bridgehead atoms. The van der Waals surface area contributed by atoms with Gasteiger partial charge in [0.15, 0.2) is 0 Å². The average molecular weight is 454 g/mol. The zero-order chi connectivity index (χ0) is 22.9. The Morgan fingerprint density at radius 3 is 1.85 bits per heavy atom. The maximum Gasteiger partial charge on any atom is 0.124 e. The summed E-state index contributed by atoms with van der Waals surface area (Å²) in [4.78, 5) is 5.14. The molecule has 1 nitrogen and oxygen atoms in total. The first-order valence-electron chi connectivity index (χ1n) is 11.5. The smallest absolute Gasteiger partial charge is 0.124 e. The highest BCUT2D eigenvalue weighted by Gasteiger charge is 2.15. The highest BCUT2D eigenvalue weighted by Crippen LogP contribution is 2.40. The van der Waals surface area contributed by atoms with Crippen molar-refractivity contribution in [2.75, 3.05) is 0 Å². The zero-order valence-electron chi connectivity index (χ0n) is 18.9. The Morgan fingerprint density at radius 2 is 1.12 bits per heavy atom. The maximum absolute atomic E-state index is 5.14. The van der Waals surface area contributed by atoms with Crippen LogP contribution in [-0.4, -0.2) is 4.98 Å². The van der Waals surface area contributed by atoms with Crippen molar-refractivity contribution in [3.63, 3.8) is 0 Å². The predicted molar refractivity (Wildman–Crippen MR) is 146 cm³/mol. The van der Waals surface area contributed by atoms with Crippen LogP contribution in [0.3, 0.4) is 0 Å². The van der Waals surface area contributed by atoms with Crippen LogP contribution in [0, 0.1) is 6.92 Å². The molecule has 6 aromatic rings. The zero-order valence-corrected chi connectivity index (χ0v) is 19.7. The highest BCUT2D eigenvalue weighted by molar-refractivity contribution is 7.21. The van der Waals surface area contributed by atoms with Crippen molar-refractivity contribution >= 4 is 21.6 Å². The first kappa shape index (κ1) is 20.6. The van der Waals surface area contributed by atoms with Crippen LogP contribution in [0.15, 0.2) is 121 Å². The minimum absolute atomic E-state index is 1.07. The topological polar surface area (TPSA) is 12.9 Å². The van der Waals surface area contributed by atoms with Crippen molar-refractivity contribution in [2.45, 2.75) is 6.92 Å². The second-order valence-corrected chi connectivity index (χ2v) is 9.55. The summed E-state index contributed by atoms with van der Waals surface area (Å²) in [6.07, 6.45) is 0. The standard InChI is InChI=1S/C32H23NS/c1-22-11-8-9-18-28(22)32-33-31-29(24-14-6-3-7-15-24)20-27(21-30(31)34-32)26-17-10-16-25(19-26)23-12-4-2-5-13-23/h2-21H,1H3. The summed E-state index contributed by atoms with van der Waals surface area (Å²) >= 11 is 1.77. The van der Waals surface area contributed by atoms with Crippen molar-refractivity contribution in [1.82, 2.24) is 4.98 Å². The van der Waals surface area contributed by atoms with Crippen molar-refractivity contribution in [3.05, 3.63) is 127 Å². The molecule has 0 radical (unpaired) electrons. The molecular formula is C32H23NS. The number of aryl methyl sites for hydroxylation is 1. The molecule has 2 heteroatoms. The molecule has 0 saturated heterocycles. The van der Waals surface area contributed by atoms with E-state index in [9.17, 15) is 0 Å². The van der Waals surface area contributed by atoms with Gasteiger partial charge < -0.3 is 0 Å². The summed E-state index contributed by atoms with van der Waals surface area (Å²) in [7, 11) is 0. The highest BCUT2D eigenvalue weighted by atomic mass is 32.1. The number of hydrogen-bond donors (Lipinski definition) is 0. The van der Waals surface area contributed by atoms with E-state index in [4.69, 9.17) is 4.98 Å². The van der Waals surface area contributed by atoms with Crippen molar-refractivity contribution in [1.29, 1.82) is 0 Å². The molecule has 0 N–H and O–H groups in total. The summed E-state index contributed by atoms with van der Waals surface area (Å²) in [5, 5.41) is 1.07. The molecule has 0 aliphatic rings. The fourth-order valence-electron chi connectivity index (χ4n) is 4.47. The molecular weight excluding hydrogens is 430 g/mol. The van der Waals surface area contributed by atoms with E-state index in [1.165, 1.54) is 49.2 Å². The summed E-state index contributed by atoms with van der Waals surface area (Å²) in [5.41, 5.74) is 10.8. The molecule has 0 aliphatic heterocycles. The molecule has 1 aromatic heterocycles. The fourth-order valence-corrected chi connectivity index (χ4v) is 5.59. The Labute approximate surface area is 204 Å². The lowest BCUT2D eigenvalue weighted by Crippen LogP contribution is -1.86. The first-order chi connectivity index (χ1) is 16.8. The number of thiazole rings is 1. The molecule has 0 atom stereocenters. The van der Waals surface area contributed by atoms with Crippen molar-refractivity contribution in [2.24, 2.45) is 0 Å². The molecule has 1 heterocycles. The lowest BCUT2D eigenvalue weighted by Gasteiger charge is -2.10. The number of fused-ring (bicyclic) bond motifs is 1. The van der Waals surface area contributed by atoms with E-state index in [0.717, 1.165) is 10.5 Å². The molecule has 6 rings (SSSR count). The summed E-state index contributed by atoms with van der Waals surface area (Å²) < 4.78 is 1.21. The summed E-state index contributed by atoms with van der Waals surface area (Å²) in [5.74, 6) is 0. The fraction of sp³-hybridized carbons (Fsp3) is 0.0312. The summed E-state index contributed by atoms with van der Waals surface area (Å²) in [6, 6.07) is 43.1. The first-order valence-corrected chi connectivity index (χ1v) is 12.3. The molecule has 0 unspecified atom stereocenters. The lowest BCUT2D eigenvalue weighted by atomic mass is 9.95. The average Bonchev–Trinajstić information content (AvgIpc) is 3.33. The lowest BCUT2D eigenvalue weighted by molar-refractivity contribution is 1.41. The third kappa shape index (κ3) is 3.83. The minimum atomic E-state index is 1.07. The summed E-state index contributed by atoms with van der Waals surface area (Å²) in [6.45, 7) is 2.15. The van der Waals surface area contributed by atoms with Gasteiger partial charge in [-0.25, -0.2) is 4.98 Å². The van der Waals surface area contributed by atoms with Gasteiger partial charge in [0.2, 0.25) is 0 Å². The Hall–Kier alpha value is -4.01. The van der Waals surface area contributed by atoms with Crippen LogP contribution in [0.2, 0.25) is 0 Å². The van der Waals surface area contributed by atoms with Crippen LogP contribution in [0.1, 0.15) is 5.56 Å². The molecule has 0 spiro atoms. The van der Waals surface area contributed by atoms with Gasteiger partial charge in [-0.1, -0.05) is 103 Å². The van der Waals surface area contributed by atoms with E-state index in [-0.39, 0.29) is 0 Å². The van der Waals surface area contributed by atoms with E-state index in [0.29, 0.717) is 0 Å². The van der Waals surface area contributed by atoms with Gasteiger partial charge in [-0.15, -0.1) is 11.3 Å². The largest absolute Gasteiger partial charge is 0.235 e. The van der Waals surface area contributed by atoms with E-state index in [1.807, 2.05) is 0 Å². The van der Waals surface area contributed by atoms with Gasteiger partial charge in [0, 0.05) is 11.1 Å². The van der Waals surface area contributed by atoms with Gasteiger partial charge >= 0.3 is 0 Å². The molecule has 0 aliphatic carbocycles. The second kappa shape index (κ2) is 8.74. The predicted octanol–water partition coefficient (Wildman–Crippen LogP) is 9.27. The minimum Gasteiger partial charge on any atom is -0.235 e. The SMILES string of the molecule is Cc1ccccc1-c1nc2c(-c3ccccc3)cc(-c3cccc(-c4ccccc4)c3)cc2s1. The van der Waals surface area contributed by atoms with Gasteiger partial charge in [-0.2, -0.15) is 0 Å². The molecule has 0 fully saturated rings. The van der Waals surface area contributed by atoms with E-state index >= 15 is 0 Å². The normalized spacial score (nSPS) is 11.1. The Morgan fingerprint density at radius 1 is 0.500 bits per heavy atom. The number of benzene rings is 5. The second-order valence-electron chi connectivity index (χ2n) is 8.52. The van der Waals surface area contributed by atoms with E-state index < -0.39 is 0 Å². The van der Waals surface area contributed by atoms with Crippen LogP contribution in [0.25, 0.3) is 54.2 Å². The Bertz CT molecular complexity index is 1600. The van der Waals surface area contributed by atoms with Crippen LogP contribution in [0.5, 0.6) is 0 Å². The molecule has 0 amide bonds. The third-order valence-electron chi connectivity index (χ3n) is 6.26. The molecule has 162 valence electrons. The van der Waals surface area contributed by atoms with Crippen LogP contribution in [-0.2, 0) is 0 Å². The molecule has 34 heavy (non-hydrogen) atoms. The van der Waals surface area contributed by atoms with Gasteiger partial charge in [-0.05, 0) is 58.5 Å². The van der Waals surface area contributed by atoms with Crippen LogP contribution < -0.4 is 0 Å². The van der Waals surface area contributed by atoms with Gasteiger partial charge in [0.05, 0.1) is 10.2 Å². The maximum atomic E-state index is 5.14. The number of rotatable bonds is 4. The van der Waals surface area contributed by atoms with E-state index in [2.05, 4.69) is 128 Å². The molecule has 5 aromatic carbocycles. The van der Waals surface area contributed by atoms with E-state index in [1.54, 1.807) is 11.3 Å². The van der Waals surface area contributed by atoms with Crippen molar-refractivity contribution in [3.8, 4) is 44.0 Å². The van der Waals surface area contributed by atoms with Gasteiger partial charge in [-0.3, -0.25) is 0 Å². The number of hydrogen-bond acceptors (Lipinski definition) is 2. The van der Waals surface area contributed by atoms with Crippen LogP contribution in [0.4, 0.5) is 0 Å². The van der Waals surface area contributed by atoms with Gasteiger partial charge in [0.1, 0.15) is 5.01 Å². The monoisotopic (exact) mass is 453 g/mol.